The number of likely N-dealkylation sites (tertiary alicyclic amines) is 1. The lowest BCUT2D eigenvalue weighted by Crippen LogP contribution is -2.30. The number of amides is 1. The number of aliphatic carboxylic acids is 1. The Labute approximate surface area is 158 Å². The Morgan fingerprint density at radius 2 is 1.78 bits per heavy atom. The van der Waals surface area contributed by atoms with Gasteiger partial charge in [-0.25, -0.2) is 8.42 Å². The molecule has 7 heteroatoms. The molecule has 1 heterocycles. The first kappa shape index (κ1) is 19.1. The van der Waals surface area contributed by atoms with Gasteiger partial charge in [0.25, 0.3) is 5.91 Å². The van der Waals surface area contributed by atoms with E-state index in [4.69, 9.17) is 0 Å². The summed E-state index contributed by atoms with van der Waals surface area (Å²) in [5, 5.41) is 9.23. The second-order valence-electron chi connectivity index (χ2n) is 6.90. The largest absolute Gasteiger partial charge is 0.481 e. The number of carboxylic acid groups (broad SMARTS) is 1. The fourth-order valence-electron chi connectivity index (χ4n) is 3.34. The van der Waals surface area contributed by atoms with Gasteiger partial charge in [0.05, 0.1) is 16.6 Å². The lowest BCUT2D eigenvalue weighted by Gasteiger charge is -2.16. The summed E-state index contributed by atoms with van der Waals surface area (Å²) in [5.74, 6) is -2.15. The molecule has 0 aliphatic carbocycles. The first-order valence-corrected chi connectivity index (χ1v) is 10.3. The summed E-state index contributed by atoms with van der Waals surface area (Å²) in [6, 6.07) is 14.8. The van der Waals surface area contributed by atoms with Crippen molar-refractivity contribution in [3.8, 4) is 0 Å². The molecule has 2 aromatic carbocycles. The van der Waals surface area contributed by atoms with Crippen LogP contribution in [-0.4, -0.2) is 43.4 Å². The van der Waals surface area contributed by atoms with E-state index in [9.17, 15) is 23.1 Å². The van der Waals surface area contributed by atoms with Crippen LogP contribution in [0.2, 0.25) is 0 Å². The lowest BCUT2D eigenvalue weighted by atomic mass is 9.99. The van der Waals surface area contributed by atoms with Crippen molar-refractivity contribution in [1.82, 2.24) is 4.90 Å². The van der Waals surface area contributed by atoms with Crippen LogP contribution < -0.4 is 0 Å². The highest BCUT2D eigenvalue weighted by molar-refractivity contribution is 7.90. The third kappa shape index (κ3) is 4.19. The van der Waals surface area contributed by atoms with Gasteiger partial charge < -0.3 is 10.0 Å². The number of sulfone groups is 1. The van der Waals surface area contributed by atoms with E-state index < -0.39 is 21.7 Å². The van der Waals surface area contributed by atoms with Crippen LogP contribution in [0.15, 0.2) is 59.5 Å². The smallest absolute Gasteiger partial charge is 0.308 e. The number of carbonyl (C=O) groups is 2. The highest BCUT2D eigenvalue weighted by Gasteiger charge is 2.37. The molecule has 1 saturated heterocycles. The molecule has 0 saturated carbocycles. The molecule has 1 aliphatic heterocycles. The van der Waals surface area contributed by atoms with Crippen molar-refractivity contribution in [2.24, 2.45) is 11.8 Å². The average Bonchev–Trinajstić information content (AvgIpc) is 3.04. The Bertz CT molecular complexity index is 955. The van der Waals surface area contributed by atoms with Gasteiger partial charge in [-0.3, -0.25) is 9.59 Å². The van der Waals surface area contributed by atoms with Crippen LogP contribution in [0.5, 0.6) is 0 Å². The summed E-state index contributed by atoms with van der Waals surface area (Å²) in [6.07, 6.45) is 0. The second-order valence-corrected chi connectivity index (χ2v) is 8.89. The third-order valence-corrected chi connectivity index (χ3v) is 6.54. The second kappa shape index (κ2) is 7.52. The van der Waals surface area contributed by atoms with E-state index in [0.717, 1.165) is 0 Å². The summed E-state index contributed by atoms with van der Waals surface area (Å²) in [4.78, 5) is 25.6. The van der Waals surface area contributed by atoms with E-state index in [1.807, 2.05) is 6.07 Å². The van der Waals surface area contributed by atoms with Crippen LogP contribution >= 0.6 is 0 Å². The predicted molar refractivity (Wildman–Crippen MR) is 100.0 cm³/mol. The molecule has 2 atom stereocenters. The minimum Gasteiger partial charge on any atom is -0.481 e. The fraction of sp³-hybridized carbons (Fsp3) is 0.300. The Morgan fingerprint density at radius 1 is 1.07 bits per heavy atom. The number of nitrogens with zero attached hydrogens (tertiary/aromatic N) is 1. The summed E-state index contributed by atoms with van der Waals surface area (Å²) >= 11 is 0. The molecule has 1 N–H and O–H groups in total. The van der Waals surface area contributed by atoms with Crippen molar-refractivity contribution in [2.75, 3.05) is 13.1 Å². The predicted octanol–water partition coefficient (Wildman–Crippen LogP) is 2.45. The molecule has 1 amide bonds. The van der Waals surface area contributed by atoms with E-state index in [1.54, 1.807) is 43.3 Å². The minimum atomic E-state index is -3.59. The van der Waals surface area contributed by atoms with E-state index in [1.165, 1.54) is 17.0 Å². The van der Waals surface area contributed by atoms with Crippen molar-refractivity contribution >= 4 is 21.7 Å². The zero-order chi connectivity index (χ0) is 19.6. The van der Waals surface area contributed by atoms with Crippen LogP contribution in [-0.2, 0) is 20.4 Å². The highest BCUT2D eigenvalue weighted by atomic mass is 32.2. The zero-order valence-electron chi connectivity index (χ0n) is 14.9. The van der Waals surface area contributed by atoms with Crippen LogP contribution in [0.3, 0.4) is 0 Å². The standard InChI is InChI=1S/C20H21NO5S/c1-14-11-21(12-18(14)20(23)24)19(22)16-8-5-9-17(10-16)27(25,26)13-15-6-3-2-4-7-15/h2-10,14,18H,11-13H2,1H3,(H,23,24)/t14-,18-/m1/s1. The quantitative estimate of drug-likeness (QED) is 0.851. The summed E-state index contributed by atoms with van der Waals surface area (Å²) in [6.45, 7) is 2.28. The van der Waals surface area contributed by atoms with Crippen molar-refractivity contribution in [1.29, 1.82) is 0 Å². The first-order valence-electron chi connectivity index (χ1n) is 8.67. The summed E-state index contributed by atoms with van der Waals surface area (Å²) < 4.78 is 25.4. The topological polar surface area (TPSA) is 91.8 Å². The molecule has 0 bridgehead atoms. The number of carboxylic acids is 1. The van der Waals surface area contributed by atoms with Gasteiger partial charge >= 0.3 is 5.97 Å². The van der Waals surface area contributed by atoms with Crippen molar-refractivity contribution < 1.29 is 23.1 Å². The van der Waals surface area contributed by atoms with Crippen LogP contribution in [0, 0.1) is 11.8 Å². The lowest BCUT2D eigenvalue weighted by molar-refractivity contribution is -0.142. The molecule has 0 unspecified atom stereocenters. The molecular weight excluding hydrogens is 366 g/mol. The minimum absolute atomic E-state index is 0.0826. The van der Waals surface area contributed by atoms with Gasteiger partial charge in [0.15, 0.2) is 9.84 Å². The Balaban J connectivity index is 1.81. The van der Waals surface area contributed by atoms with Crippen molar-refractivity contribution in [2.45, 2.75) is 17.6 Å². The normalized spacial score (nSPS) is 19.8. The van der Waals surface area contributed by atoms with Gasteiger partial charge in [-0.1, -0.05) is 43.3 Å². The van der Waals surface area contributed by atoms with Crippen LogP contribution in [0.1, 0.15) is 22.8 Å². The van der Waals surface area contributed by atoms with Gasteiger partial charge in [0.2, 0.25) is 0 Å². The van der Waals surface area contributed by atoms with E-state index >= 15 is 0 Å². The van der Waals surface area contributed by atoms with E-state index in [0.29, 0.717) is 12.1 Å². The van der Waals surface area contributed by atoms with E-state index in [2.05, 4.69) is 0 Å². The third-order valence-electron chi connectivity index (χ3n) is 4.86. The molecule has 1 aliphatic rings. The van der Waals surface area contributed by atoms with Gasteiger partial charge in [-0.15, -0.1) is 0 Å². The summed E-state index contributed by atoms with van der Waals surface area (Å²) in [7, 11) is -3.59. The molecule has 142 valence electrons. The number of carbonyl (C=O) groups excluding carboxylic acids is 1. The molecule has 0 radical (unpaired) electrons. The molecule has 27 heavy (non-hydrogen) atoms. The highest BCUT2D eigenvalue weighted by Crippen LogP contribution is 2.25. The Hall–Kier alpha value is -2.67. The molecule has 6 nitrogen and oxygen atoms in total. The number of rotatable bonds is 5. The van der Waals surface area contributed by atoms with E-state index in [-0.39, 0.29) is 34.6 Å². The molecule has 1 fully saturated rings. The first-order chi connectivity index (χ1) is 12.8. The number of hydrogen-bond acceptors (Lipinski definition) is 4. The average molecular weight is 387 g/mol. The Kier molecular flexibility index (Phi) is 5.32. The van der Waals surface area contributed by atoms with Gasteiger partial charge in [0.1, 0.15) is 0 Å². The molecule has 3 rings (SSSR count). The molecule has 2 aromatic rings. The van der Waals surface area contributed by atoms with Crippen LogP contribution in [0.25, 0.3) is 0 Å². The molecular formula is C20H21NO5S. The maximum Gasteiger partial charge on any atom is 0.308 e. The maximum absolute atomic E-state index is 12.7. The molecule has 0 aromatic heterocycles. The molecule has 0 spiro atoms. The van der Waals surface area contributed by atoms with Crippen molar-refractivity contribution in [3.63, 3.8) is 0 Å². The van der Waals surface area contributed by atoms with Crippen LogP contribution in [0.4, 0.5) is 0 Å². The summed E-state index contributed by atoms with van der Waals surface area (Å²) in [5.41, 5.74) is 0.925. The van der Waals surface area contributed by atoms with Gasteiger partial charge in [-0.05, 0) is 29.7 Å². The number of hydrogen-bond donors (Lipinski definition) is 1. The number of benzene rings is 2. The van der Waals surface area contributed by atoms with Gasteiger partial charge in [-0.2, -0.15) is 0 Å². The van der Waals surface area contributed by atoms with Crippen molar-refractivity contribution in [3.05, 3.63) is 65.7 Å². The monoisotopic (exact) mass is 387 g/mol. The Morgan fingerprint density at radius 3 is 2.41 bits per heavy atom. The SMILES string of the molecule is C[C@@H]1CN(C(=O)c2cccc(S(=O)(=O)Cc3ccccc3)c2)C[C@H]1C(=O)O. The zero-order valence-corrected chi connectivity index (χ0v) is 15.7. The fourth-order valence-corrected chi connectivity index (χ4v) is 4.73. The maximum atomic E-state index is 12.7. The van der Waals surface area contributed by atoms with Gasteiger partial charge in [0, 0.05) is 18.7 Å².